The van der Waals surface area contributed by atoms with Crippen molar-refractivity contribution in [3.05, 3.63) is 36.4 Å². The van der Waals surface area contributed by atoms with Gasteiger partial charge in [0.2, 0.25) is 0 Å². The lowest BCUT2D eigenvalue weighted by molar-refractivity contribution is -0.0198. The number of ether oxygens (including phenoxy) is 1. The fraction of sp³-hybridized carbons (Fsp3) is 0.312. The van der Waals surface area contributed by atoms with Crippen LogP contribution in [-0.4, -0.2) is 46.0 Å². The molecule has 0 saturated carbocycles. The second-order valence-electron chi connectivity index (χ2n) is 6.20. The van der Waals surface area contributed by atoms with Crippen LogP contribution in [0.15, 0.2) is 36.4 Å². The van der Waals surface area contributed by atoms with Crippen molar-refractivity contribution in [3.8, 4) is 0 Å². The molecule has 10 heteroatoms. The molecule has 2 aromatic rings. The van der Waals surface area contributed by atoms with Gasteiger partial charge in [-0.1, -0.05) is 24.3 Å². The molecule has 2 aliphatic heterocycles. The van der Waals surface area contributed by atoms with Gasteiger partial charge in [-0.2, -0.15) is 0 Å². The van der Waals surface area contributed by atoms with Crippen LogP contribution in [0.5, 0.6) is 0 Å². The maximum Gasteiger partial charge on any atom is 0.469 e. The van der Waals surface area contributed by atoms with Crippen LogP contribution in [0, 0.1) is 0 Å². The summed E-state index contributed by atoms with van der Waals surface area (Å²) in [5.41, 5.74) is 1.34. The van der Waals surface area contributed by atoms with Gasteiger partial charge in [-0.25, -0.2) is 9.36 Å². The van der Waals surface area contributed by atoms with E-state index in [9.17, 15) is 14.5 Å². The van der Waals surface area contributed by atoms with E-state index in [2.05, 4.69) is 9.84 Å². The quantitative estimate of drug-likeness (QED) is 0.595. The minimum absolute atomic E-state index is 0.0984. The van der Waals surface area contributed by atoms with Crippen molar-refractivity contribution in [1.29, 1.82) is 0 Å². The fourth-order valence-electron chi connectivity index (χ4n) is 3.39. The van der Waals surface area contributed by atoms with Gasteiger partial charge in [0, 0.05) is 11.8 Å². The van der Waals surface area contributed by atoms with Crippen molar-refractivity contribution in [3.63, 3.8) is 0 Å². The Bertz CT molecular complexity index is 909. The summed E-state index contributed by atoms with van der Waals surface area (Å²) in [6.45, 7) is -0.474. The highest BCUT2D eigenvalue weighted by Crippen LogP contribution is 2.41. The molecule has 0 aliphatic carbocycles. The van der Waals surface area contributed by atoms with E-state index >= 15 is 0 Å². The first-order chi connectivity index (χ1) is 12.3. The van der Waals surface area contributed by atoms with Crippen LogP contribution in [0.25, 0.3) is 10.8 Å². The summed E-state index contributed by atoms with van der Waals surface area (Å²) < 4.78 is 20.9. The second kappa shape index (κ2) is 6.31. The molecule has 2 aromatic carbocycles. The molecule has 0 spiro atoms. The molecule has 1 saturated heterocycles. The molecule has 26 heavy (non-hydrogen) atoms. The standard InChI is InChI=1S/C16H17N2O7P/c19-12-7-14(25-13(12)8-24-26(21,22)23)18-11-6-2-4-9-3-1-5-10(15(9)11)17-16(18)20/h1-6,12-14,19H,7-8H2,(H,17,20)(H2,21,22,23)/t12-,13+,14+/m0/s1. The third-order valence-electron chi connectivity index (χ3n) is 4.50. The van der Waals surface area contributed by atoms with Gasteiger partial charge >= 0.3 is 13.9 Å². The Labute approximate surface area is 148 Å². The first-order valence-corrected chi connectivity index (χ1v) is 9.52. The molecule has 4 N–H and O–H groups in total. The number of phosphoric ester groups is 1. The zero-order valence-electron chi connectivity index (χ0n) is 13.5. The van der Waals surface area contributed by atoms with Crippen LogP contribution in [0.1, 0.15) is 6.42 Å². The number of phosphoric acid groups is 1. The maximum atomic E-state index is 12.6. The molecule has 0 aromatic heterocycles. The van der Waals surface area contributed by atoms with Crippen molar-refractivity contribution in [2.75, 3.05) is 16.8 Å². The average Bonchev–Trinajstić information content (AvgIpc) is 2.93. The summed E-state index contributed by atoms with van der Waals surface area (Å²) in [5.74, 6) is 0. The topological polar surface area (TPSA) is 129 Å². The molecule has 2 aliphatic rings. The van der Waals surface area contributed by atoms with Gasteiger partial charge in [0.15, 0.2) is 0 Å². The van der Waals surface area contributed by atoms with E-state index in [1.54, 1.807) is 6.07 Å². The predicted octanol–water partition coefficient (Wildman–Crippen LogP) is 1.78. The Hall–Kier alpha value is -2.00. The van der Waals surface area contributed by atoms with Crippen molar-refractivity contribution >= 4 is 36.0 Å². The highest BCUT2D eigenvalue weighted by molar-refractivity contribution is 7.46. The fourth-order valence-corrected chi connectivity index (χ4v) is 3.73. The van der Waals surface area contributed by atoms with E-state index in [1.165, 1.54) is 4.90 Å². The molecule has 3 atom stereocenters. The number of hydrogen-bond acceptors (Lipinski definition) is 5. The highest BCUT2D eigenvalue weighted by Gasteiger charge is 2.42. The number of aliphatic hydroxyl groups excluding tert-OH is 1. The lowest BCUT2D eigenvalue weighted by Crippen LogP contribution is -2.45. The first-order valence-electron chi connectivity index (χ1n) is 7.99. The maximum absolute atomic E-state index is 12.6. The van der Waals surface area contributed by atoms with Crippen LogP contribution in [0.4, 0.5) is 16.2 Å². The number of hydrogen-bond donors (Lipinski definition) is 4. The van der Waals surface area contributed by atoms with Gasteiger partial charge in [-0.05, 0) is 17.5 Å². The van der Waals surface area contributed by atoms with E-state index in [-0.39, 0.29) is 6.42 Å². The summed E-state index contributed by atoms with van der Waals surface area (Å²) in [5, 5.41) is 14.8. The minimum atomic E-state index is -4.67. The number of aliphatic hydroxyl groups is 1. The molecule has 9 nitrogen and oxygen atoms in total. The lowest BCUT2D eigenvalue weighted by Gasteiger charge is -2.33. The molecule has 4 rings (SSSR count). The number of carbonyl (C=O) groups is 1. The van der Waals surface area contributed by atoms with Crippen LogP contribution in [0.3, 0.4) is 0 Å². The summed E-state index contributed by atoms with van der Waals surface area (Å²) in [6.07, 6.45) is -2.65. The Morgan fingerprint density at radius 3 is 2.73 bits per heavy atom. The van der Waals surface area contributed by atoms with Crippen molar-refractivity contribution < 1.29 is 33.5 Å². The van der Waals surface area contributed by atoms with E-state index in [4.69, 9.17) is 14.5 Å². The van der Waals surface area contributed by atoms with E-state index in [0.717, 1.165) is 10.8 Å². The SMILES string of the molecule is O=C1Nc2cccc3cccc(c23)N1[C@H]1C[C@H](O)[C@@H](COP(=O)(O)O)O1. The molecule has 138 valence electrons. The van der Waals surface area contributed by atoms with E-state index < -0.39 is 38.9 Å². The molecule has 1 fully saturated rings. The number of nitrogens with zero attached hydrogens (tertiary/aromatic N) is 1. The number of carbonyl (C=O) groups excluding carboxylic acids is 1. The van der Waals surface area contributed by atoms with Crippen molar-refractivity contribution in [2.24, 2.45) is 0 Å². The van der Waals surface area contributed by atoms with Crippen molar-refractivity contribution in [1.82, 2.24) is 0 Å². The number of amides is 2. The summed E-state index contributed by atoms with van der Waals surface area (Å²) in [7, 11) is -4.67. The Balaban J connectivity index is 1.63. The molecule has 2 amide bonds. The minimum Gasteiger partial charge on any atom is -0.390 e. The van der Waals surface area contributed by atoms with E-state index in [1.807, 2.05) is 30.3 Å². The van der Waals surface area contributed by atoms with Crippen LogP contribution in [-0.2, 0) is 13.8 Å². The van der Waals surface area contributed by atoms with Gasteiger partial charge in [-0.3, -0.25) is 9.42 Å². The van der Waals surface area contributed by atoms with Gasteiger partial charge in [0.1, 0.15) is 12.3 Å². The summed E-state index contributed by atoms with van der Waals surface area (Å²) in [6, 6.07) is 10.7. The zero-order valence-corrected chi connectivity index (χ0v) is 14.4. The van der Waals surface area contributed by atoms with E-state index in [0.29, 0.717) is 11.4 Å². The smallest absolute Gasteiger partial charge is 0.390 e. The molecular formula is C16H17N2O7P. The van der Waals surface area contributed by atoms with Gasteiger partial charge in [-0.15, -0.1) is 0 Å². The highest BCUT2D eigenvalue weighted by atomic mass is 31.2. The number of urea groups is 1. The number of nitrogens with one attached hydrogen (secondary N) is 1. The molecular weight excluding hydrogens is 363 g/mol. The summed E-state index contributed by atoms with van der Waals surface area (Å²) >= 11 is 0. The lowest BCUT2D eigenvalue weighted by atomic mass is 10.0. The predicted molar refractivity (Wildman–Crippen MR) is 92.7 cm³/mol. The molecule has 0 radical (unpaired) electrons. The molecule has 0 bridgehead atoms. The monoisotopic (exact) mass is 380 g/mol. The largest absolute Gasteiger partial charge is 0.469 e. The summed E-state index contributed by atoms with van der Waals surface area (Å²) in [4.78, 5) is 31.6. The third kappa shape index (κ3) is 3.09. The first kappa shape index (κ1) is 17.4. The Morgan fingerprint density at radius 1 is 1.27 bits per heavy atom. The third-order valence-corrected chi connectivity index (χ3v) is 4.99. The number of rotatable bonds is 4. The molecule has 2 heterocycles. The average molecular weight is 380 g/mol. The number of benzene rings is 2. The zero-order chi connectivity index (χ0) is 18.5. The van der Waals surface area contributed by atoms with Gasteiger partial charge in [0.05, 0.1) is 24.1 Å². The van der Waals surface area contributed by atoms with Crippen molar-refractivity contribution in [2.45, 2.75) is 24.9 Å². The normalized spacial score (nSPS) is 25.6. The second-order valence-corrected chi connectivity index (χ2v) is 7.44. The number of anilines is 2. The van der Waals surface area contributed by atoms with Gasteiger partial charge in [0.25, 0.3) is 0 Å². The van der Waals surface area contributed by atoms with Crippen LogP contribution >= 0.6 is 7.82 Å². The van der Waals surface area contributed by atoms with Gasteiger partial charge < -0.3 is 24.9 Å². The van der Waals surface area contributed by atoms with Crippen LogP contribution < -0.4 is 10.2 Å². The Morgan fingerprint density at radius 2 is 2.00 bits per heavy atom. The Kier molecular flexibility index (Phi) is 4.23. The molecule has 0 unspecified atom stereocenters. The van der Waals surface area contributed by atoms with Crippen LogP contribution in [0.2, 0.25) is 0 Å².